The molecule has 0 amide bonds. The maximum absolute atomic E-state index is 4.49. The first-order valence-corrected chi connectivity index (χ1v) is 4.91. The lowest BCUT2D eigenvalue weighted by atomic mass is 9.97. The van der Waals surface area contributed by atoms with Crippen LogP contribution in [0.25, 0.3) is 0 Å². The Morgan fingerprint density at radius 3 is 1.73 bits per heavy atom. The Bertz CT molecular complexity index is 102. The Hall–Kier alpha value is 0.310. The standard InChI is InChI=1S/C9H21NS/c1-6(2)8(5)9(11)10-7(3)4/h6-11H,1-5H3. The summed E-state index contributed by atoms with van der Waals surface area (Å²) in [6.07, 6.45) is 0. The number of hydrogen-bond donors (Lipinski definition) is 2. The van der Waals surface area contributed by atoms with Crippen LogP contribution in [0.15, 0.2) is 0 Å². The van der Waals surface area contributed by atoms with Gasteiger partial charge in [0, 0.05) is 6.04 Å². The van der Waals surface area contributed by atoms with Gasteiger partial charge in [0.05, 0.1) is 5.37 Å². The Labute approximate surface area is 76.4 Å². The van der Waals surface area contributed by atoms with Crippen molar-refractivity contribution in [3.05, 3.63) is 0 Å². The smallest absolute Gasteiger partial charge is 0.0532 e. The number of hydrogen-bond acceptors (Lipinski definition) is 2. The maximum atomic E-state index is 4.49. The summed E-state index contributed by atoms with van der Waals surface area (Å²) in [5.41, 5.74) is 0. The molecule has 0 aromatic heterocycles. The Kier molecular flexibility index (Phi) is 5.19. The molecule has 0 spiro atoms. The highest BCUT2D eigenvalue weighted by Gasteiger charge is 2.16. The van der Waals surface area contributed by atoms with Crippen molar-refractivity contribution < 1.29 is 0 Å². The quantitative estimate of drug-likeness (QED) is 0.494. The molecule has 0 fully saturated rings. The highest BCUT2D eigenvalue weighted by atomic mass is 32.1. The molecule has 2 heteroatoms. The predicted octanol–water partition coefficient (Wildman–Crippen LogP) is 2.53. The molecule has 2 unspecified atom stereocenters. The molecule has 0 bridgehead atoms. The minimum Gasteiger partial charge on any atom is -0.303 e. The van der Waals surface area contributed by atoms with E-state index in [0.29, 0.717) is 23.3 Å². The molecule has 0 rings (SSSR count). The van der Waals surface area contributed by atoms with Crippen LogP contribution in [0.1, 0.15) is 34.6 Å². The van der Waals surface area contributed by atoms with E-state index in [1.165, 1.54) is 0 Å². The molecule has 0 aromatic carbocycles. The van der Waals surface area contributed by atoms with Gasteiger partial charge in [0.1, 0.15) is 0 Å². The molecular weight excluding hydrogens is 154 g/mol. The van der Waals surface area contributed by atoms with E-state index in [4.69, 9.17) is 0 Å². The first-order valence-electron chi connectivity index (χ1n) is 4.39. The fourth-order valence-electron chi connectivity index (χ4n) is 0.858. The predicted molar refractivity (Wildman–Crippen MR) is 55.0 cm³/mol. The van der Waals surface area contributed by atoms with Gasteiger partial charge in [0.2, 0.25) is 0 Å². The van der Waals surface area contributed by atoms with Gasteiger partial charge in [-0.3, -0.25) is 0 Å². The second-order valence-corrected chi connectivity index (χ2v) is 4.43. The fraction of sp³-hybridized carbons (Fsp3) is 1.00. The minimum absolute atomic E-state index is 0.329. The van der Waals surface area contributed by atoms with Crippen LogP contribution < -0.4 is 5.32 Å². The summed E-state index contributed by atoms with van der Waals surface area (Å²) in [4.78, 5) is 0. The average molecular weight is 175 g/mol. The van der Waals surface area contributed by atoms with Crippen LogP contribution in [0.3, 0.4) is 0 Å². The minimum atomic E-state index is 0.329. The SMILES string of the molecule is CC(C)NC(S)C(C)C(C)C. The summed E-state index contributed by atoms with van der Waals surface area (Å²) in [7, 11) is 0. The third kappa shape index (κ3) is 4.70. The van der Waals surface area contributed by atoms with E-state index in [1.54, 1.807) is 0 Å². The Morgan fingerprint density at radius 2 is 1.45 bits per heavy atom. The van der Waals surface area contributed by atoms with Gasteiger partial charge in [-0.25, -0.2) is 0 Å². The van der Waals surface area contributed by atoms with Crippen LogP contribution in [0.4, 0.5) is 0 Å². The molecule has 0 aliphatic heterocycles. The van der Waals surface area contributed by atoms with Crippen molar-refractivity contribution in [1.82, 2.24) is 5.32 Å². The van der Waals surface area contributed by atoms with E-state index >= 15 is 0 Å². The van der Waals surface area contributed by atoms with E-state index in [9.17, 15) is 0 Å². The van der Waals surface area contributed by atoms with Gasteiger partial charge in [-0.05, 0) is 25.7 Å². The third-order valence-corrected chi connectivity index (χ3v) is 2.67. The van der Waals surface area contributed by atoms with Crippen molar-refractivity contribution in [3.8, 4) is 0 Å². The second-order valence-electron chi connectivity index (χ2n) is 3.87. The lowest BCUT2D eigenvalue weighted by Gasteiger charge is -2.25. The zero-order chi connectivity index (χ0) is 9.02. The van der Waals surface area contributed by atoms with E-state index in [-0.39, 0.29) is 0 Å². The monoisotopic (exact) mass is 175 g/mol. The van der Waals surface area contributed by atoms with Crippen LogP contribution in [0, 0.1) is 11.8 Å². The number of nitrogens with one attached hydrogen (secondary N) is 1. The fourth-order valence-corrected chi connectivity index (χ4v) is 1.50. The molecule has 68 valence electrons. The van der Waals surface area contributed by atoms with Crippen molar-refractivity contribution in [2.24, 2.45) is 11.8 Å². The molecule has 1 nitrogen and oxygen atoms in total. The van der Waals surface area contributed by atoms with Crippen molar-refractivity contribution in [2.75, 3.05) is 0 Å². The van der Waals surface area contributed by atoms with Gasteiger partial charge < -0.3 is 5.32 Å². The first kappa shape index (κ1) is 11.3. The zero-order valence-corrected chi connectivity index (χ0v) is 9.15. The molecule has 11 heavy (non-hydrogen) atoms. The number of rotatable bonds is 4. The summed E-state index contributed by atoms with van der Waals surface area (Å²) in [6, 6.07) is 0.527. The maximum Gasteiger partial charge on any atom is 0.0532 e. The summed E-state index contributed by atoms with van der Waals surface area (Å²) in [6.45, 7) is 11.0. The molecule has 0 aliphatic rings. The van der Waals surface area contributed by atoms with E-state index < -0.39 is 0 Å². The Balaban J connectivity index is 3.73. The molecule has 0 saturated heterocycles. The van der Waals surface area contributed by atoms with Crippen molar-refractivity contribution in [3.63, 3.8) is 0 Å². The molecule has 1 N–H and O–H groups in total. The summed E-state index contributed by atoms with van der Waals surface area (Å²) >= 11 is 4.49. The number of thiol groups is 1. The first-order chi connectivity index (χ1) is 4.95. The summed E-state index contributed by atoms with van der Waals surface area (Å²) in [5, 5.41) is 3.72. The molecule has 2 atom stereocenters. The third-order valence-electron chi connectivity index (χ3n) is 2.05. The van der Waals surface area contributed by atoms with Gasteiger partial charge in [-0.2, -0.15) is 12.6 Å². The highest BCUT2D eigenvalue weighted by molar-refractivity contribution is 7.80. The summed E-state index contributed by atoms with van der Waals surface area (Å²) in [5.74, 6) is 1.32. The van der Waals surface area contributed by atoms with Crippen LogP contribution in [-0.2, 0) is 0 Å². The molecule has 0 aromatic rings. The largest absolute Gasteiger partial charge is 0.303 e. The van der Waals surface area contributed by atoms with Crippen LogP contribution in [0.5, 0.6) is 0 Å². The van der Waals surface area contributed by atoms with Gasteiger partial charge in [-0.15, -0.1) is 0 Å². The van der Waals surface area contributed by atoms with Crippen molar-refractivity contribution in [1.29, 1.82) is 0 Å². The second kappa shape index (κ2) is 5.04. The average Bonchev–Trinajstić information content (AvgIpc) is 1.84. The van der Waals surface area contributed by atoms with Crippen LogP contribution >= 0.6 is 12.6 Å². The van der Waals surface area contributed by atoms with Gasteiger partial charge in [-0.1, -0.05) is 20.8 Å². The summed E-state index contributed by atoms with van der Waals surface area (Å²) < 4.78 is 0. The van der Waals surface area contributed by atoms with Crippen LogP contribution in [0.2, 0.25) is 0 Å². The lowest BCUT2D eigenvalue weighted by Crippen LogP contribution is -2.37. The van der Waals surface area contributed by atoms with Crippen molar-refractivity contribution in [2.45, 2.75) is 46.0 Å². The van der Waals surface area contributed by atoms with Crippen molar-refractivity contribution >= 4 is 12.6 Å². The molecular formula is C9H21NS. The Morgan fingerprint density at radius 1 is 1.00 bits per heavy atom. The van der Waals surface area contributed by atoms with Crippen LogP contribution in [-0.4, -0.2) is 11.4 Å². The normalized spacial score (nSPS) is 17.5. The highest BCUT2D eigenvalue weighted by Crippen LogP contribution is 2.17. The van der Waals surface area contributed by atoms with E-state index in [2.05, 4.69) is 52.6 Å². The zero-order valence-electron chi connectivity index (χ0n) is 8.26. The van der Waals surface area contributed by atoms with Gasteiger partial charge in [0.15, 0.2) is 0 Å². The topological polar surface area (TPSA) is 12.0 Å². The molecule has 0 aliphatic carbocycles. The van der Waals surface area contributed by atoms with Gasteiger partial charge >= 0.3 is 0 Å². The van der Waals surface area contributed by atoms with E-state index in [0.717, 1.165) is 0 Å². The molecule has 0 heterocycles. The molecule has 0 saturated carbocycles. The lowest BCUT2D eigenvalue weighted by molar-refractivity contribution is 0.356. The van der Waals surface area contributed by atoms with Gasteiger partial charge in [0.25, 0.3) is 0 Å². The molecule has 0 radical (unpaired) electrons. The van der Waals surface area contributed by atoms with E-state index in [1.807, 2.05) is 0 Å².